The average molecular weight is 418 g/mol. The molecule has 2 aromatic heterocycles. The van der Waals surface area contributed by atoms with E-state index in [9.17, 15) is 4.79 Å². The topological polar surface area (TPSA) is 53.4 Å². The number of hydrogen-bond donors (Lipinski definition) is 1. The van der Waals surface area contributed by atoms with Crippen LogP contribution in [0.5, 0.6) is 0 Å². The molecule has 0 amide bonds. The van der Waals surface area contributed by atoms with Crippen LogP contribution in [0.1, 0.15) is 23.6 Å². The largest absolute Gasteiger partial charge is 0.380 e. The number of benzene rings is 1. The fourth-order valence-electron chi connectivity index (χ4n) is 4.91. The predicted molar refractivity (Wildman–Crippen MR) is 126 cm³/mol. The summed E-state index contributed by atoms with van der Waals surface area (Å²) in [7, 11) is 2.15. The minimum Gasteiger partial charge on any atom is -0.380 e. The molecule has 6 nitrogen and oxygen atoms in total. The van der Waals surface area contributed by atoms with E-state index in [1.807, 2.05) is 18.5 Å². The standard InChI is InChI=1S/C25H31N5O/c1-3-30-17-20(16-29-10-8-28(2)9-11-29)24(31)23-14-22(15-26-25(23)30)27-21-12-18-6-4-5-7-19(18)13-21/h4-7,14-15,17,21,27H,3,8-13,16H2,1-2H3. The number of likely N-dealkylation sites (N-methyl/N-ethyl adjacent to an activating group) is 1. The third-order valence-corrected chi connectivity index (χ3v) is 6.74. The van der Waals surface area contributed by atoms with Gasteiger partial charge in [0.05, 0.1) is 17.3 Å². The van der Waals surface area contributed by atoms with Gasteiger partial charge in [-0.1, -0.05) is 24.3 Å². The van der Waals surface area contributed by atoms with Crippen LogP contribution in [0.3, 0.4) is 0 Å². The van der Waals surface area contributed by atoms with Gasteiger partial charge in [-0.3, -0.25) is 9.69 Å². The predicted octanol–water partition coefficient (Wildman–Crippen LogP) is 2.74. The summed E-state index contributed by atoms with van der Waals surface area (Å²) >= 11 is 0. The number of fused-ring (bicyclic) bond motifs is 2. The maximum atomic E-state index is 13.4. The second-order valence-corrected chi connectivity index (χ2v) is 8.96. The first-order valence-corrected chi connectivity index (χ1v) is 11.4. The Morgan fingerprint density at radius 1 is 1.10 bits per heavy atom. The van der Waals surface area contributed by atoms with Gasteiger partial charge in [-0.25, -0.2) is 4.98 Å². The number of aromatic nitrogens is 2. The highest BCUT2D eigenvalue weighted by atomic mass is 16.1. The van der Waals surface area contributed by atoms with Gasteiger partial charge >= 0.3 is 0 Å². The summed E-state index contributed by atoms with van der Waals surface area (Å²) in [5.41, 5.74) is 5.51. The Morgan fingerprint density at radius 3 is 2.48 bits per heavy atom. The molecule has 0 unspecified atom stereocenters. The SMILES string of the molecule is CCn1cc(CN2CCN(C)CC2)c(=O)c2cc(NC3Cc4ccccc4C3)cnc21. The Labute approximate surface area is 183 Å². The van der Waals surface area contributed by atoms with Crippen LogP contribution < -0.4 is 10.7 Å². The first kappa shape index (κ1) is 20.2. The summed E-state index contributed by atoms with van der Waals surface area (Å²) in [4.78, 5) is 22.8. The Bertz CT molecular complexity index is 1120. The molecule has 0 radical (unpaired) electrons. The molecule has 1 aromatic carbocycles. The highest BCUT2D eigenvalue weighted by Crippen LogP contribution is 2.25. The second kappa shape index (κ2) is 8.44. The number of hydrogen-bond acceptors (Lipinski definition) is 5. The zero-order chi connectivity index (χ0) is 21.4. The monoisotopic (exact) mass is 417 g/mol. The van der Waals surface area contributed by atoms with Gasteiger partial charge in [0.15, 0.2) is 5.43 Å². The Morgan fingerprint density at radius 2 is 1.81 bits per heavy atom. The van der Waals surface area contributed by atoms with Crippen LogP contribution in [0.2, 0.25) is 0 Å². The zero-order valence-electron chi connectivity index (χ0n) is 18.5. The second-order valence-electron chi connectivity index (χ2n) is 8.96. The van der Waals surface area contributed by atoms with E-state index < -0.39 is 0 Å². The van der Waals surface area contributed by atoms with Gasteiger partial charge in [-0.15, -0.1) is 0 Å². The molecule has 1 aliphatic carbocycles. The molecule has 3 heterocycles. The molecule has 0 bridgehead atoms. The van der Waals surface area contributed by atoms with Crippen molar-refractivity contribution in [1.82, 2.24) is 19.4 Å². The zero-order valence-corrected chi connectivity index (χ0v) is 18.5. The molecule has 1 fully saturated rings. The lowest BCUT2D eigenvalue weighted by Crippen LogP contribution is -2.44. The van der Waals surface area contributed by atoms with Crippen LogP contribution in [0, 0.1) is 0 Å². The molecule has 0 atom stereocenters. The van der Waals surface area contributed by atoms with E-state index in [1.54, 1.807) is 0 Å². The Balaban J connectivity index is 1.42. The van der Waals surface area contributed by atoms with Crippen molar-refractivity contribution in [2.75, 3.05) is 38.5 Å². The van der Waals surface area contributed by atoms with Crippen molar-refractivity contribution in [2.45, 2.75) is 38.9 Å². The normalized spacial score (nSPS) is 17.9. The summed E-state index contributed by atoms with van der Waals surface area (Å²) in [6.07, 6.45) is 5.90. The van der Waals surface area contributed by atoms with Crippen molar-refractivity contribution in [3.05, 3.63) is 69.6 Å². The molecule has 1 saturated heterocycles. The van der Waals surface area contributed by atoms with Gasteiger partial charge in [0.2, 0.25) is 0 Å². The quantitative estimate of drug-likeness (QED) is 0.692. The molecule has 6 heteroatoms. The third kappa shape index (κ3) is 4.10. The molecular formula is C25H31N5O. The van der Waals surface area contributed by atoms with Crippen molar-refractivity contribution in [3.8, 4) is 0 Å². The van der Waals surface area contributed by atoms with E-state index in [1.165, 1.54) is 11.1 Å². The fraction of sp³-hybridized carbons (Fsp3) is 0.440. The highest BCUT2D eigenvalue weighted by molar-refractivity contribution is 5.79. The van der Waals surface area contributed by atoms with Gasteiger partial charge in [0.1, 0.15) is 5.65 Å². The van der Waals surface area contributed by atoms with Gasteiger partial charge in [0, 0.05) is 57.1 Å². The lowest BCUT2D eigenvalue weighted by atomic mass is 10.1. The van der Waals surface area contributed by atoms with Gasteiger partial charge < -0.3 is 14.8 Å². The van der Waals surface area contributed by atoms with E-state index in [-0.39, 0.29) is 5.43 Å². The van der Waals surface area contributed by atoms with Crippen molar-refractivity contribution in [3.63, 3.8) is 0 Å². The highest BCUT2D eigenvalue weighted by Gasteiger charge is 2.22. The van der Waals surface area contributed by atoms with Crippen molar-refractivity contribution < 1.29 is 0 Å². The molecule has 5 rings (SSSR count). The smallest absolute Gasteiger partial charge is 0.195 e. The minimum atomic E-state index is 0.115. The molecule has 3 aromatic rings. The van der Waals surface area contributed by atoms with Crippen molar-refractivity contribution in [1.29, 1.82) is 0 Å². The third-order valence-electron chi connectivity index (χ3n) is 6.74. The molecule has 1 N–H and O–H groups in total. The number of aryl methyl sites for hydroxylation is 1. The number of piperazine rings is 1. The number of nitrogens with zero attached hydrogens (tertiary/aromatic N) is 4. The Kier molecular flexibility index (Phi) is 5.50. The lowest BCUT2D eigenvalue weighted by Gasteiger charge is -2.32. The van der Waals surface area contributed by atoms with Gasteiger partial charge in [-0.2, -0.15) is 0 Å². The average Bonchev–Trinajstić information content (AvgIpc) is 3.19. The van der Waals surface area contributed by atoms with E-state index in [2.05, 4.69) is 62.9 Å². The van der Waals surface area contributed by atoms with Crippen LogP contribution in [0.25, 0.3) is 11.0 Å². The van der Waals surface area contributed by atoms with E-state index in [0.29, 0.717) is 18.0 Å². The minimum absolute atomic E-state index is 0.115. The summed E-state index contributed by atoms with van der Waals surface area (Å²) in [6.45, 7) is 7.71. The molecule has 2 aliphatic rings. The van der Waals surface area contributed by atoms with Crippen molar-refractivity contribution >= 4 is 16.7 Å². The van der Waals surface area contributed by atoms with Crippen LogP contribution in [-0.4, -0.2) is 58.6 Å². The molecular weight excluding hydrogens is 386 g/mol. The van der Waals surface area contributed by atoms with E-state index in [4.69, 9.17) is 0 Å². The van der Waals surface area contributed by atoms with Crippen molar-refractivity contribution in [2.24, 2.45) is 0 Å². The fourth-order valence-corrected chi connectivity index (χ4v) is 4.91. The number of rotatable bonds is 5. The summed E-state index contributed by atoms with van der Waals surface area (Å²) in [5, 5.41) is 4.34. The summed E-state index contributed by atoms with van der Waals surface area (Å²) < 4.78 is 2.11. The van der Waals surface area contributed by atoms with Gasteiger partial charge in [0.25, 0.3) is 0 Å². The Hall–Kier alpha value is -2.70. The molecule has 0 saturated carbocycles. The molecule has 1 aliphatic heterocycles. The summed E-state index contributed by atoms with van der Waals surface area (Å²) in [5.74, 6) is 0. The summed E-state index contributed by atoms with van der Waals surface area (Å²) in [6, 6.07) is 11.0. The van der Waals surface area contributed by atoms with Gasteiger partial charge in [-0.05, 0) is 44.0 Å². The molecule has 162 valence electrons. The number of nitrogens with one attached hydrogen (secondary N) is 1. The number of pyridine rings is 2. The van der Waals surface area contributed by atoms with Crippen LogP contribution in [0.4, 0.5) is 5.69 Å². The number of anilines is 1. The van der Waals surface area contributed by atoms with E-state index in [0.717, 1.165) is 62.5 Å². The van der Waals surface area contributed by atoms with E-state index >= 15 is 0 Å². The van der Waals surface area contributed by atoms with Crippen LogP contribution >= 0.6 is 0 Å². The first-order valence-electron chi connectivity index (χ1n) is 11.4. The molecule has 31 heavy (non-hydrogen) atoms. The first-order chi connectivity index (χ1) is 15.1. The molecule has 0 spiro atoms. The maximum Gasteiger partial charge on any atom is 0.195 e. The van der Waals surface area contributed by atoms with Crippen LogP contribution in [0.15, 0.2) is 47.5 Å². The maximum absolute atomic E-state index is 13.4. The lowest BCUT2D eigenvalue weighted by molar-refractivity contribution is 0.147. The van der Waals surface area contributed by atoms with Crippen LogP contribution in [-0.2, 0) is 25.9 Å².